The number of imide groups is 2. The van der Waals surface area contributed by atoms with E-state index in [-0.39, 0.29) is 21.3 Å². The number of nitrogens with zero attached hydrogens (tertiary/aromatic N) is 1. The van der Waals surface area contributed by atoms with Crippen molar-refractivity contribution >= 4 is 52.8 Å². The van der Waals surface area contributed by atoms with Crippen LogP contribution in [0.25, 0.3) is 6.08 Å². The summed E-state index contributed by atoms with van der Waals surface area (Å²) in [4.78, 5) is 39.3. The Morgan fingerprint density at radius 1 is 1.00 bits per heavy atom. The van der Waals surface area contributed by atoms with Crippen molar-refractivity contribution in [1.82, 2.24) is 5.32 Å². The third kappa shape index (κ3) is 5.74. The predicted octanol–water partition coefficient (Wildman–Crippen LogP) is 6.28. The van der Waals surface area contributed by atoms with E-state index >= 15 is 0 Å². The minimum Gasteiger partial charge on any atom is -0.493 e. The second-order valence-electron chi connectivity index (χ2n) is 8.53. The zero-order chi connectivity index (χ0) is 27.4. The van der Waals surface area contributed by atoms with Gasteiger partial charge in [-0.25, -0.2) is 9.69 Å². The number of ether oxygens (including phenoxy) is 2. The number of halogens is 2. The zero-order valence-corrected chi connectivity index (χ0v) is 22.2. The first-order chi connectivity index (χ1) is 18.2. The van der Waals surface area contributed by atoms with E-state index in [9.17, 15) is 14.4 Å². The number of hydrogen-bond donors (Lipinski definition) is 1. The molecule has 0 spiro atoms. The van der Waals surface area contributed by atoms with E-state index in [0.29, 0.717) is 30.1 Å². The SMILES string of the molecule is C=CCc1cc(/C=C2\C(=O)NC(=O)N(c3ccc(Cl)c(Cl)c3)C2=O)cc(OC)c1OCc1ccc(C)cc1. The standard InChI is InChI=1S/C29H24Cl2N2O5/c1-4-5-20-12-19(14-25(37-3)26(20)38-16-18-8-6-17(2)7-9-18)13-22-27(34)32-29(36)33(28(22)35)21-10-11-23(30)24(31)15-21/h4,6-15H,1,5,16H2,2-3H3,(H,32,34,36)/b22-13+. The monoisotopic (exact) mass is 550 g/mol. The summed E-state index contributed by atoms with van der Waals surface area (Å²) in [6.45, 7) is 6.16. The molecule has 1 saturated heterocycles. The van der Waals surface area contributed by atoms with Crippen molar-refractivity contribution in [2.45, 2.75) is 20.0 Å². The fourth-order valence-electron chi connectivity index (χ4n) is 3.91. The number of barbiturate groups is 1. The molecule has 0 aliphatic carbocycles. The second kappa shape index (κ2) is 11.5. The Kier molecular flexibility index (Phi) is 8.20. The molecule has 0 unspecified atom stereocenters. The van der Waals surface area contributed by atoms with Crippen LogP contribution < -0.4 is 19.7 Å². The number of rotatable bonds is 8. The Bertz CT molecular complexity index is 1460. The number of carbonyl (C=O) groups excluding carboxylic acids is 3. The first-order valence-corrected chi connectivity index (χ1v) is 12.3. The molecule has 0 radical (unpaired) electrons. The molecule has 9 heteroatoms. The number of anilines is 1. The molecule has 194 valence electrons. The molecule has 7 nitrogen and oxygen atoms in total. The van der Waals surface area contributed by atoms with Crippen LogP contribution in [0.15, 0.2) is 72.8 Å². The van der Waals surface area contributed by atoms with Crippen LogP contribution >= 0.6 is 23.2 Å². The number of benzene rings is 3. The van der Waals surface area contributed by atoms with Gasteiger partial charge in [-0.15, -0.1) is 6.58 Å². The van der Waals surface area contributed by atoms with Crippen LogP contribution in [0.1, 0.15) is 22.3 Å². The zero-order valence-electron chi connectivity index (χ0n) is 20.7. The normalized spacial score (nSPS) is 14.5. The molecule has 4 rings (SSSR count). The van der Waals surface area contributed by atoms with Crippen molar-refractivity contribution in [3.05, 3.63) is 105 Å². The van der Waals surface area contributed by atoms with Gasteiger partial charge in [-0.3, -0.25) is 14.9 Å². The number of hydrogen-bond acceptors (Lipinski definition) is 5. The van der Waals surface area contributed by atoms with Gasteiger partial charge in [0, 0.05) is 5.56 Å². The summed E-state index contributed by atoms with van der Waals surface area (Å²) >= 11 is 12.0. The number of aryl methyl sites for hydroxylation is 1. The van der Waals surface area contributed by atoms with E-state index in [1.54, 1.807) is 18.2 Å². The second-order valence-corrected chi connectivity index (χ2v) is 9.35. The summed E-state index contributed by atoms with van der Waals surface area (Å²) in [6, 6.07) is 14.8. The van der Waals surface area contributed by atoms with Crippen LogP contribution in [0.5, 0.6) is 11.5 Å². The summed E-state index contributed by atoms with van der Waals surface area (Å²) in [7, 11) is 1.51. The summed E-state index contributed by atoms with van der Waals surface area (Å²) in [5.74, 6) is -0.673. The van der Waals surface area contributed by atoms with Crippen molar-refractivity contribution < 1.29 is 23.9 Å². The summed E-state index contributed by atoms with van der Waals surface area (Å²) in [6.07, 6.45) is 3.56. The molecule has 0 saturated carbocycles. The molecule has 4 amide bonds. The van der Waals surface area contributed by atoms with Crippen LogP contribution in [-0.2, 0) is 22.6 Å². The lowest BCUT2D eigenvalue weighted by atomic mass is 10.0. The molecule has 1 aliphatic heterocycles. The van der Waals surface area contributed by atoms with Crippen LogP contribution in [0.3, 0.4) is 0 Å². The lowest BCUT2D eigenvalue weighted by Gasteiger charge is -2.26. The van der Waals surface area contributed by atoms with E-state index in [2.05, 4.69) is 11.9 Å². The van der Waals surface area contributed by atoms with Crippen molar-refractivity contribution in [3.8, 4) is 11.5 Å². The largest absolute Gasteiger partial charge is 0.493 e. The molecule has 1 aliphatic rings. The predicted molar refractivity (Wildman–Crippen MR) is 148 cm³/mol. The molecule has 0 bridgehead atoms. The van der Waals surface area contributed by atoms with Gasteiger partial charge in [0.05, 0.1) is 22.8 Å². The third-order valence-electron chi connectivity index (χ3n) is 5.82. The van der Waals surface area contributed by atoms with E-state index in [0.717, 1.165) is 21.6 Å². The Morgan fingerprint density at radius 2 is 1.74 bits per heavy atom. The van der Waals surface area contributed by atoms with Crippen molar-refractivity contribution in [2.24, 2.45) is 0 Å². The van der Waals surface area contributed by atoms with Gasteiger partial charge < -0.3 is 9.47 Å². The van der Waals surface area contributed by atoms with Gasteiger partial charge in [-0.2, -0.15) is 0 Å². The maximum Gasteiger partial charge on any atom is 0.335 e. The summed E-state index contributed by atoms with van der Waals surface area (Å²) in [5.41, 5.74) is 3.32. The minimum atomic E-state index is -0.889. The van der Waals surface area contributed by atoms with Gasteiger partial charge in [-0.1, -0.05) is 59.1 Å². The van der Waals surface area contributed by atoms with Gasteiger partial charge in [-0.05, 0) is 60.9 Å². The average Bonchev–Trinajstić information content (AvgIpc) is 2.88. The van der Waals surface area contributed by atoms with Gasteiger partial charge >= 0.3 is 6.03 Å². The Hall–Kier alpha value is -4.07. The number of amides is 4. The molecule has 38 heavy (non-hydrogen) atoms. The molecule has 0 aromatic heterocycles. The van der Waals surface area contributed by atoms with E-state index < -0.39 is 17.8 Å². The molecule has 0 atom stereocenters. The fourth-order valence-corrected chi connectivity index (χ4v) is 4.20. The minimum absolute atomic E-state index is 0.159. The molecule has 3 aromatic carbocycles. The number of urea groups is 1. The highest BCUT2D eigenvalue weighted by molar-refractivity contribution is 6.43. The quantitative estimate of drug-likeness (QED) is 0.202. The van der Waals surface area contributed by atoms with Gasteiger partial charge in [0.25, 0.3) is 11.8 Å². The van der Waals surface area contributed by atoms with E-state index in [1.807, 2.05) is 31.2 Å². The van der Waals surface area contributed by atoms with Crippen molar-refractivity contribution in [1.29, 1.82) is 0 Å². The highest BCUT2D eigenvalue weighted by Gasteiger charge is 2.37. The van der Waals surface area contributed by atoms with E-state index in [4.69, 9.17) is 32.7 Å². The lowest BCUT2D eigenvalue weighted by Crippen LogP contribution is -2.54. The third-order valence-corrected chi connectivity index (χ3v) is 6.56. The molecule has 1 N–H and O–H groups in total. The number of allylic oxidation sites excluding steroid dienone is 1. The van der Waals surface area contributed by atoms with Crippen LogP contribution in [-0.4, -0.2) is 25.0 Å². The number of methoxy groups -OCH3 is 1. The van der Waals surface area contributed by atoms with Crippen molar-refractivity contribution in [2.75, 3.05) is 12.0 Å². The average molecular weight is 551 g/mol. The smallest absolute Gasteiger partial charge is 0.335 e. The van der Waals surface area contributed by atoms with Crippen LogP contribution in [0.2, 0.25) is 10.0 Å². The Labute approximate surface area is 230 Å². The summed E-state index contributed by atoms with van der Waals surface area (Å²) < 4.78 is 11.7. The molecular weight excluding hydrogens is 527 g/mol. The first kappa shape index (κ1) is 27.0. The van der Waals surface area contributed by atoms with E-state index in [1.165, 1.54) is 31.4 Å². The van der Waals surface area contributed by atoms with Gasteiger partial charge in [0.2, 0.25) is 0 Å². The Balaban J connectivity index is 1.70. The van der Waals surface area contributed by atoms with Crippen molar-refractivity contribution in [3.63, 3.8) is 0 Å². The molecular formula is C29H24Cl2N2O5. The topological polar surface area (TPSA) is 84.9 Å². The maximum atomic E-state index is 13.3. The van der Waals surface area contributed by atoms with Crippen LogP contribution in [0, 0.1) is 6.92 Å². The molecule has 1 fully saturated rings. The van der Waals surface area contributed by atoms with Crippen LogP contribution in [0.4, 0.5) is 10.5 Å². The lowest BCUT2D eigenvalue weighted by molar-refractivity contribution is -0.122. The van der Waals surface area contributed by atoms with Gasteiger partial charge in [0.15, 0.2) is 11.5 Å². The number of nitrogens with one attached hydrogen (secondary N) is 1. The number of carbonyl (C=O) groups is 3. The molecule has 1 heterocycles. The molecule has 3 aromatic rings. The highest BCUT2D eigenvalue weighted by Crippen LogP contribution is 2.36. The fraction of sp³-hybridized carbons (Fsp3) is 0.138. The highest BCUT2D eigenvalue weighted by atomic mass is 35.5. The first-order valence-electron chi connectivity index (χ1n) is 11.6. The summed E-state index contributed by atoms with van der Waals surface area (Å²) in [5, 5.41) is 2.62. The maximum absolute atomic E-state index is 13.3. The van der Waals surface area contributed by atoms with Gasteiger partial charge in [0.1, 0.15) is 12.2 Å². The Morgan fingerprint density at radius 3 is 2.39 bits per heavy atom.